The number of para-hydroxylation sites is 2. The van der Waals surface area contributed by atoms with E-state index in [2.05, 4.69) is 26.0 Å². The van der Waals surface area contributed by atoms with Gasteiger partial charge < -0.3 is 9.80 Å². The van der Waals surface area contributed by atoms with E-state index in [0.29, 0.717) is 13.0 Å². The van der Waals surface area contributed by atoms with Crippen molar-refractivity contribution in [1.82, 2.24) is 0 Å². The van der Waals surface area contributed by atoms with E-state index in [1.165, 1.54) is 5.56 Å². The maximum Gasteiger partial charge on any atom is 0.229 e. The average Bonchev–Trinajstić information content (AvgIpc) is 2.98. The number of benzene rings is 2. The summed E-state index contributed by atoms with van der Waals surface area (Å²) >= 11 is 0. The second kappa shape index (κ2) is 7.95. The molecule has 0 fully saturated rings. The second-order valence-corrected chi connectivity index (χ2v) is 7.30. The molecule has 0 spiro atoms. The maximum atomic E-state index is 13.0. The van der Waals surface area contributed by atoms with Gasteiger partial charge in [-0.05, 0) is 49.4 Å². The van der Waals surface area contributed by atoms with Crippen LogP contribution in [0.2, 0.25) is 0 Å². The number of fused-ring (bicyclic) bond motifs is 1. The topological polar surface area (TPSA) is 40.6 Å². The monoisotopic (exact) mass is 364 g/mol. The van der Waals surface area contributed by atoms with Gasteiger partial charge in [0.15, 0.2) is 0 Å². The molecule has 1 heterocycles. The van der Waals surface area contributed by atoms with Gasteiger partial charge in [0, 0.05) is 37.3 Å². The largest absolute Gasteiger partial charge is 0.312 e. The smallest absolute Gasteiger partial charge is 0.229 e. The van der Waals surface area contributed by atoms with Crippen LogP contribution in [0.15, 0.2) is 42.5 Å². The summed E-state index contributed by atoms with van der Waals surface area (Å²) in [4.78, 5) is 29.0. The van der Waals surface area contributed by atoms with Crippen LogP contribution in [0.25, 0.3) is 0 Å². The SMILES string of the molecule is CCc1cccc(C)c1N(CCC(=O)N1c2ccccc2CC1C)C(C)=O. The third-order valence-corrected chi connectivity index (χ3v) is 5.38. The molecule has 0 radical (unpaired) electrons. The number of amides is 2. The summed E-state index contributed by atoms with van der Waals surface area (Å²) in [6.07, 6.45) is 2.05. The van der Waals surface area contributed by atoms with Crippen LogP contribution in [0.1, 0.15) is 43.9 Å². The predicted molar refractivity (Wildman–Crippen MR) is 110 cm³/mol. The Hall–Kier alpha value is -2.62. The molecule has 0 saturated carbocycles. The van der Waals surface area contributed by atoms with Gasteiger partial charge >= 0.3 is 0 Å². The molecule has 2 amide bonds. The van der Waals surface area contributed by atoms with Crippen LogP contribution >= 0.6 is 0 Å². The molecule has 27 heavy (non-hydrogen) atoms. The molecule has 0 saturated heterocycles. The number of hydrogen-bond donors (Lipinski definition) is 0. The van der Waals surface area contributed by atoms with Crippen molar-refractivity contribution < 1.29 is 9.59 Å². The molecule has 4 heteroatoms. The normalized spacial score (nSPS) is 15.6. The molecule has 142 valence electrons. The summed E-state index contributed by atoms with van der Waals surface area (Å²) in [6.45, 7) is 8.16. The molecule has 1 unspecified atom stereocenters. The summed E-state index contributed by atoms with van der Waals surface area (Å²) in [5.41, 5.74) is 5.38. The van der Waals surface area contributed by atoms with Crippen LogP contribution in [0, 0.1) is 6.92 Å². The molecule has 0 aromatic heterocycles. The van der Waals surface area contributed by atoms with Crippen molar-refractivity contribution in [3.63, 3.8) is 0 Å². The van der Waals surface area contributed by atoms with Gasteiger partial charge in [0.05, 0.1) is 0 Å². The van der Waals surface area contributed by atoms with E-state index in [0.717, 1.165) is 35.3 Å². The van der Waals surface area contributed by atoms with Gasteiger partial charge in [0.1, 0.15) is 0 Å². The van der Waals surface area contributed by atoms with E-state index in [1.54, 1.807) is 11.8 Å². The highest BCUT2D eigenvalue weighted by Crippen LogP contribution is 2.32. The van der Waals surface area contributed by atoms with Crippen LogP contribution in [-0.2, 0) is 22.4 Å². The summed E-state index contributed by atoms with van der Waals surface area (Å²) < 4.78 is 0. The molecule has 0 bridgehead atoms. The molecular formula is C23H28N2O2. The first-order valence-electron chi connectivity index (χ1n) is 9.70. The number of rotatable bonds is 5. The summed E-state index contributed by atoms with van der Waals surface area (Å²) in [6, 6.07) is 14.3. The Balaban J connectivity index is 1.80. The lowest BCUT2D eigenvalue weighted by atomic mass is 10.0. The number of nitrogens with zero attached hydrogens (tertiary/aromatic N) is 2. The number of anilines is 2. The Morgan fingerprint density at radius 2 is 1.89 bits per heavy atom. The fourth-order valence-corrected chi connectivity index (χ4v) is 4.09. The summed E-state index contributed by atoms with van der Waals surface area (Å²) in [5, 5.41) is 0. The van der Waals surface area contributed by atoms with Crippen LogP contribution in [0.5, 0.6) is 0 Å². The van der Waals surface area contributed by atoms with Crippen molar-refractivity contribution in [2.75, 3.05) is 16.3 Å². The van der Waals surface area contributed by atoms with Crippen LogP contribution < -0.4 is 9.80 Å². The lowest BCUT2D eigenvalue weighted by Gasteiger charge is -2.28. The van der Waals surface area contributed by atoms with Gasteiger partial charge in [0.2, 0.25) is 11.8 Å². The molecule has 2 aromatic rings. The van der Waals surface area contributed by atoms with Gasteiger partial charge in [-0.25, -0.2) is 0 Å². The lowest BCUT2D eigenvalue weighted by molar-refractivity contribution is -0.119. The zero-order chi connectivity index (χ0) is 19.6. The second-order valence-electron chi connectivity index (χ2n) is 7.30. The molecular weight excluding hydrogens is 336 g/mol. The van der Waals surface area contributed by atoms with Crippen molar-refractivity contribution in [1.29, 1.82) is 0 Å². The lowest BCUT2D eigenvalue weighted by Crippen LogP contribution is -2.39. The fraction of sp³-hybridized carbons (Fsp3) is 0.391. The van der Waals surface area contributed by atoms with Crippen LogP contribution in [-0.4, -0.2) is 24.4 Å². The van der Waals surface area contributed by atoms with Crippen molar-refractivity contribution in [2.45, 2.75) is 53.0 Å². The van der Waals surface area contributed by atoms with E-state index in [-0.39, 0.29) is 17.9 Å². The third-order valence-electron chi connectivity index (χ3n) is 5.38. The summed E-state index contributed by atoms with van der Waals surface area (Å²) in [5.74, 6) is 0.0482. The van der Waals surface area contributed by atoms with Crippen LogP contribution in [0.3, 0.4) is 0 Å². The van der Waals surface area contributed by atoms with E-state index in [9.17, 15) is 9.59 Å². The highest BCUT2D eigenvalue weighted by atomic mass is 16.2. The molecule has 1 atom stereocenters. The van der Waals surface area contributed by atoms with Gasteiger partial charge in [-0.15, -0.1) is 0 Å². The minimum absolute atomic E-state index is 0.0262. The number of carbonyl (C=O) groups is 2. The number of carbonyl (C=O) groups excluding carboxylic acids is 2. The minimum Gasteiger partial charge on any atom is -0.312 e. The summed E-state index contributed by atoms with van der Waals surface area (Å²) in [7, 11) is 0. The molecule has 2 aromatic carbocycles. The number of aryl methyl sites for hydroxylation is 2. The molecule has 0 aliphatic carbocycles. The molecule has 0 N–H and O–H groups in total. The average molecular weight is 364 g/mol. The molecule has 3 rings (SSSR count). The first-order valence-corrected chi connectivity index (χ1v) is 9.70. The predicted octanol–water partition coefficient (Wildman–Crippen LogP) is 4.28. The Morgan fingerprint density at radius 1 is 1.15 bits per heavy atom. The molecule has 4 nitrogen and oxygen atoms in total. The quantitative estimate of drug-likeness (QED) is 0.795. The van der Waals surface area contributed by atoms with Gasteiger partial charge in [0.25, 0.3) is 0 Å². The van der Waals surface area contributed by atoms with Crippen molar-refractivity contribution in [3.8, 4) is 0 Å². The minimum atomic E-state index is -0.0262. The standard InChI is InChI=1S/C23H28N2O2/c1-5-19-11-8-9-16(2)23(19)24(18(4)26)14-13-22(27)25-17(3)15-20-10-6-7-12-21(20)25/h6-12,17H,5,13-15H2,1-4H3. The van der Waals surface area contributed by atoms with E-state index in [4.69, 9.17) is 0 Å². The van der Waals surface area contributed by atoms with Gasteiger partial charge in [-0.1, -0.05) is 43.3 Å². The zero-order valence-corrected chi connectivity index (χ0v) is 16.7. The van der Waals surface area contributed by atoms with Crippen LogP contribution in [0.4, 0.5) is 11.4 Å². The van der Waals surface area contributed by atoms with E-state index >= 15 is 0 Å². The third kappa shape index (κ3) is 3.75. The van der Waals surface area contributed by atoms with E-state index < -0.39 is 0 Å². The van der Waals surface area contributed by atoms with Crippen molar-refractivity contribution in [2.24, 2.45) is 0 Å². The zero-order valence-electron chi connectivity index (χ0n) is 16.7. The van der Waals surface area contributed by atoms with Crippen molar-refractivity contribution in [3.05, 3.63) is 59.2 Å². The number of hydrogen-bond acceptors (Lipinski definition) is 2. The van der Waals surface area contributed by atoms with E-state index in [1.807, 2.05) is 42.2 Å². The highest BCUT2D eigenvalue weighted by Gasteiger charge is 2.30. The first-order chi connectivity index (χ1) is 12.9. The fourth-order valence-electron chi connectivity index (χ4n) is 4.09. The highest BCUT2D eigenvalue weighted by molar-refractivity contribution is 5.98. The Labute approximate surface area is 161 Å². The van der Waals surface area contributed by atoms with Gasteiger partial charge in [-0.2, -0.15) is 0 Å². The molecule has 1 aliphatic rings. The van der Waals surface area contributed by atoms with Gasteiger partial charge in [-0.3, -0.25) is 9.59 Å². The Morgan fingerprint density at radius 3 is 2.59 bits per heavy atom. The Bertz CT molecular complexity index is 859. The maximum absolute atomic E-state index is 13.0. The first kappa shape index (κ1) is 19.2. The molecule has 1 aliphatic heterocycles. The Kier molecular flexibility index (Phi) is 5.64. The van der Waals surface area contributed by atoms with Crippen molar-refractivity contribution >= 4 is 23.2 Å².